The number of hydrogen-bond donors (Lipinski definition) is 3. The zero-order valence-electron chi connectivity index (χ0n) is 13.3. The van der Waals surface area contributed by atoms with Crippen LogP contribution in [0.5, 0.6) is 0 Å². The van der Waals surface area contributed by atoms with Crippen LogP contribution in [0.3, 0.4) is 0 Å². The van der Waals surface area contributed by atoms with Crippen LogP contribution in [0.1, 0.15) is 0 Å². The molecular formula is C19H16N6. The summed E-state index contributed by atoms with van der Waals surface area (Å²) in [5.74, 6) is 5.76. The maximum Gasteiger partial charge on any atom is 0.143 e. The van der Waals surface area contributed by atoms with E-state index in [2.05, 4.69) is 27.3 Å². The van der Waals surface area contributed by atoms with Crippen molar-refractivity contribution in [3.05, 3.63) is 78.8 Å². The molecule has 6 nitrogen and oxygen atoms in total. The van der Waals surface area contributed by atoms with Crippen molar-refractivity contribution in [1.29, 1.82) is 5.41 Å². The molecule has 4 rings (SSSR count). The highest BCUT2D eigenvalue weighted by Crippen LogP contribution is 2.31. The summed E-state index contributed by atoms with van der Waals surface area (Å²) < 4.78 is 1.31. The molecule has 1 aromatic carbocycles. The summed E-state index contributed by atoms with van der Waals surface area (Å²) >= 11 is 0. The summed E-state index contributed by atoms with van der Waals surface area (Å²) in [4.78, 5) is 4.06. The smallest absolute Gasteiger partial charge is 0.143 e. The second-order valence-electron chi connectivity index (χ2n) is 5.68. The van der Waals surface area contributed by atoms with Gasteiger partial charge in [-0.25, -0.2) is 0 Å². The van der Waals surface area contributed by atoms with Crippen LogP contribution >= 0.6 is 0 Å². The van der Waals surface area contributed by atoms with Gasteiger partial charge < -0.3 is 5.84 Å². The van der Waals surface area contributed by atoms with Crippen LogP contribution in [0, 0.1) is 5.41 Å². The minimum Gasteiger partial charge on any atom is -0.338 e. The Balaban J connectivity index is 1.71. The zero-order valence-corrected chi connectivity index (χ0v) is 13.3. The number of benzene rings is 1. The molecule has 0 radical (unpaired) electrons. The Morgan fingerprint density at radius 3 is 2.24 bits per heavy atom. The standard InChI is InChI=1S/C19H16N6/c20-18-6-5-16(12-25(18)21)13-1-3-14(4-2-13)17-11-23-24-19(17)15-7-9-22-10-8-15/h1-12,20H,21H2,(H,23,24). The van der Waals surface area contributed by atoms with Gasteiger partial charge in [0.25, 0.3) is 0 Å². The van der Waals surface area contributed by atoms with Crippen LogP contribution in [0.15, 0.2) is 73.3 Å². The molecule has 0 fully saturated rings. The first kappa shape index (κ1) is 14.9. The highest BCUT2D eigenvalue weighted by Gasteiger charge is 2.10. The van der Waals surface area contributed by atoms with Gasteiger partial charge in [-0.3, -0.25) is 20.2 Å². The van der Waals surface area contributed by atoms with Gasteiger partial charge in [0.2, 0.25) is 0 Å². The van der Waals surface area contributed by atoms with E-state index in [1.165, 1.54) is 4.68 Å². The van der Waals surface area contributed by atoms with Crippen LogP contribution in [0.25, 0.3) is 33.5 Å². The lowest BCUT2D eigenvalue weighted by Gasteiger charge is -2.07. The third kappa shape index (κ3) is 2.81. The van der Waals surface area contributed by atoms with Gasteiger partial charge in [0.05, 0.1) is 11.9 Å². The molecule has 0 saturated heterocycles. The SMILES string of the molecule is N=c1ccc(-c2ccc(-c3cn[nH]c3-c3ccncc3)cc2)cn1N. The summed E-state index contributed by atoms with van der Waals surface area (Å²) in [6.45, 7) is 0. The van der Waals surface area contributed by atoms with Crippen LogP contribution in [-0.4, -0.2) is 19.9 Å². The van der Waals surface area contributed by atoms with Crippen molar-refractivity contribution in [2.75, 3.05) is 5.84 Å². The van der Waals surface area contributed by atoms with Crippen molar-refractivity contribution in [1.82, 2.24) is 19.9 Å². The van der Waals surface area contributed by atoms with E-state index in [1.54, 1.807) is 24.7 Å². The fourth-order valence-corrected chi connectivity index (χ4v) is 2.77. The molecule has 3 heterocycles. The molecule has 0 spiro atoms. The Morgan fingerprint density at radius 1 is 0.840 bits per heavy atom. The Hall–Kier alpha value is -3.67. The number of rotatable bonds is 3. The monoisotopic (exact) mass is 328 g/mol. The van der Waals surface area contributed by atoms with E-state index in [4.69, 9.17) is 11.3 Å². The molecule has 122 valence electrons. The molecular weight excluding hydrogens is 312 g/mol. The number of nitrogens with two attached hydrogens (primary N) is 1. The van der Waals surface area contributed by atoms with E-state index in [0.29, 0.717) is 0 Å². The number of pyridine rings is 2. The first-order valence-corrected chi connectivity index (χ1v) is 7.79. The summed E-state index contributed by atoms with van der Waals surface area (Å²) in [5, 5.41) is 14.9. The van der Waals surface area contributed by atoms with E-state index in [1.807, 2.05) is 36.5 Å². The van der Waals surface area contributed by atoms with Gasteiger partial charge >= 0.3 is 0 Å². The van der Waals surface area contributed by atoms with Crippen LogP contribution in [0.2, 0.25) is 0 Å². The molecule has 0 amide bonds. The summed E-state index contributed by atoms with van der Waals surface area (Å²) in [5.41, 5.74) is 6.38. The average molecular weight is 328 g/mol. The van der Waals surface area contributed by atoms with E-state index >= 15 is 0 Å². The van der Waals surface area contributed by atoms with Crippen molar-refractivity contribution in [3.8, 4) is 33.5 Å². The minimum atomic E-state index is 0.265. The van der Waals surface area contributed by atoms with Crippen molar-refractivity contribution >= 4 is 0 Å². The van der Waals surface area contributed by atoms with E-state index in [9.17, 15) is 0 Å². The largest absolute Gasteiger partial charge is 0.338 e. The van der Waals surface area contributed by atoms with Gasteiger partial charge in [-0.15, -0.1) is 0 Å². The van der Waals surface area contributed by atoms with E-state index in [0.717, 1.165) is 33.5 Å². The van der Waals surface area contributed by atoms with Crippen LogP contribution < -0.4 is 11.3 Å². The van der Waals surface area contributed by atoms with Crippen LogP contribution in [-0.2, 0) is 0 Å². The normalized spacial score (nSPS) is 10.7. The quantitative estimate of drug-likeness (QED) is 0.505. The number of aromatic amines is 1. The lowest BCUT2D eigenvalue weighted by atomic mass is 9.99. The van der Waals surface area contributed by atoms with Crippen molar-refractivity contribution in [2.45, 2.75) is 0 Å². The lowest BCUT2D eigenvalue weighted by Crippen LogP contribution is -2.25. The number of nitrogen functional groups attached to an aromatic ring is 1. The summed E-state index contributed by atoms with van der Waals surface area (Å²) in [7, 11) is 0. The lowest BCUT2D eigenvalue weighted by molar-refractivity contribution is 0.882. The Bertz CT molecular complexity index is 1060. The first-order chi connectivity index (χ1) is 12.2. The summed E-state index contributed by atoms with van der Waals surface area (Å²) in [6.07, 6.45) is 7.10. The maximum absolute atomic E-state index is 7.64. The molecule has 4 aromatic rings. The first-order valence-electron chi connectivity index (χ1n) is 7.79. The highest BCUT2D eigenvalue weighted by molar-refractivity contribution is 5.81. The minimum absolute atomic E-state index is 0.265. The molecule has 0 unspecified atom stereocenters. The Morgan fingerprint density at radius 2 is 1.52 bits per heavy atom. The predicted octanol–water partition coefficient (Wildman–Crippen LogP) is 2.80. The second-order valence-corrected chi connectivity index (χ2v) is 5.68. The average Bonchev–Trinajstić information content (AvgIpc) is 3.15. The molecule has 0 aliphatic carbocycles. The predicted molar refractivity (Wildman–Crippen MR) is 96.7 cm³/mol. The molecule has 6 heteroatoms. The van der Waals surface area contributed by atoms with Gasteiger partial charge in [0.1, 0.15) is 5.49 Å². The maximum atomic E-state index is 7.64. The molecule has 0 bridgehead atoms. The van der Waals surface area contributed by atoms with Crippen molar-refractivity contribution < 1.29 is 0 Å². The molecule has 4 N–H and O–H groups in total. The Labute approximate surface area is 144 Å². The third-order valence-corrected chi connectivity index (χ3v) is 4.11. The number of H-pyrrole nitrogens is 1. The van der Waals surface area contributed by atoms with E-state index < -0.39 is 0 Å². The van der Waals surface area contributed by atoms with Gasteiger partial charge in [0, 0.05) is 35.3 Å². The topological polar surface area (TPSA) is 96.4 Å². The van der Waals surface area contributed by atoms with Gasteiger partial charge in [0.15, 0.2) is 0 Å². The molecule has 0 saturated carbocycles. The molecule has 0 aliphatic rings. The van der Waals surface area contributed by atoms with Gasteiger partial charge in [-0.05, 0) is 35.4 Å². The van der Waals surface area contributed by atoms with Gasteiger partial charge in [-0.2, -0.15) is 5.10 Å². The molecule has 3 aromatic heterocycles. The Kier molecular flexibility index (Phi) is 3.63. The number of aromatic nitrogens is 4. The molecule has 0 atom stereocenters. The van der Waals surface area contributed by atoms with Crippen molar-refractivity contribution in [3.63, 3.8) is 0 Å². The summed E-state index contributed by atoms with van der Waals surface area (Å²) in [6, 6.07) is 15.7. The fourth-order valence-electron chi connectivity index (χ4n) is 2.77. The van der Waals surface area contributed by atoms with Crippen molar-refractivity contribution in [2.24, 2.45) is 0 Å². The number of hydrogen-bond acceptors (Lipinski definition) is 4. The fraction of sp³-hybridized carbons (Fsp3) is 0. The second kappa shape index (κ2) is 6.09. The molecule has 0 aliphatic heterocycles. The number of nitrogens with zero attached hydrogens (tertiary/aromatic N) is 3. The molecule has 25 heavy (non-hydrogen) atoms. The highest BCUT2D eigenvalue weighted by atomic mass is 15.3. The van der Waals surface area contributed by atoms with Crippen LogP contribution in [0.4, 0.5) is 0 Å². The zero-order chi connectivity index (χ0) is 17.2. The third-order valence-electron chi connectivity index (χ3n) is 4.11. The van der Waals surface area contributed by atoms with Gasteiger partial charge in [-0.1, -0.05) is 24.3 Å². The number of nitrogens with one attached hydrogen (secondary N) is 2. The van der Waals surface area contributed by atoms with E-state index in [-0.39, 0.29) is 5.49 Å².